The molecule has 4 N–H and O–H groups in total. The second kappa shape index (κ2) is 11.4. The average Bonchev–Trinajstić information content (AvgIpc) is 2.76. The van der Waals surface area contributed by atoms with Gasteiger partial charge in [0.25, 0.3) is 0 Å². The fourth-order valence-electron chi connectivity index (χ4n) is 2.67. The molecule has 9 nitrogen and oxygen atoms in total. The standard InChI is InChI=1S/C21H24N2O7/c1-29-18-10-6-5-9-15(18)11-16(20(26)27)22-19(25)17(12-24)23-21(28)30-13-14-7-3-2-4-8-14/h2-10,16-17,24H,11-13H2,1H3,(H,22,25)(H,23,28)(H,26,27)/t16-,17-/m0/s1. The average molecular weight is 416 g/mol. The Balaban J connectivity index is 1.95. The van der Waals surface area contributed by atoms with Crippen molar-refractivity contribution < 1.29 is 34.1 Å². The van der Waals surface area contributed by atoms with Gasteiger partial charge in [-0.05, 0) is 17.2 Å². The number of carboxylic acid groups (broad SMARTS) is 1. The van der Waals surface area contributed by atoms with Gasteiger partial charge in [-0.2, -0.15) is 0 Å². The van der Waals surface area contributed by atoms with Crippen LogP contribution in [0.5, 0.6) is 5.75 Å². The first-order chi connectivity index (χ1) is 14.4. The summed E-state index contributed by atoms with van der Waals surface area (Å²) in [6.07, 6.45) is -0.952. The van der Waals surface area contributed by atoms with Crippen LogP contribution in [-0.2, 0) is 27.4 Å². The molecule has 0 radical (unpaired) electrons. The summed E-state index contributed by atoms with van der Waals surface area (Å²) in [7, 11) is 1.46. The van der Waals surface area contributed by atoms with Crippen LogP contribution < -0.4 is 15.4 Å². The number of rotatable bonds is 10. The van der Waals surface area contributed by atoms with Crippen molar-refractivity contribution in [2.45, 2.75) is 25.1 Å². The summed E-state index contributed by atoms with van der Waals surface area (Å²) < 4.78 is 10.2. The van der Waals surface area contributed by atoms with Gasteiger partial charge in [0.15, 0.2) is 0 Å². The highest BCUT2D eigenvalue weighted by molar-refractivity contribution is 5.89. The van der Waals surface area contributed by atoms with Crippen LogP contribution in [0.25, 0.3) is 0 Å². The maximum Gasteiger partial charge on any atom is 0.408 e. The summed E-state index contributed by atoms with van der Waals surface area (Å²) in [4.78, 5) is 35.9. The van der Waals surface area contributed by atoms with Gasteiger partial charge in [0.05, 0.1) is 13.7 Å². The molecule has 0 aromatic heterocycles. The number of amides is 2. The first-order valence-corrected chi connectivity index (χ1v) is 9.17. The number of aliphatic hydroxyl groups is 1. The Morgan fingerprint density at radius 2 is 1.63 bits per heavy atom. The monoisotopic (exact) mass is 416 g/mol. The van der Waals surface area contributed by atoms with E-state index in [1.807, 2.05) is 6.07 Å². The number of ether oxygens (including phenoxy) is 2. The number of methoxy groups -OCH3 is 1. The van der Waals surface area contributed by atoms with Crippen LogP contribution in [0.15, 0.2) is 54.6 Å². The predicted octanol–water partition coefficient (Wildman–Crippen LogP) is 1.09. The molecule has 9 heteroatoms. The van der Waals surface area contributed by atoms with E-state index in [2.05, 4.69) is 10.6 Å². The number of alkyl carbamates (subject to hydrolysis) is 1. The molecular formula is C21H24N2O7. The van der Waals surface area contributed by atoms with Crippen molar-refractivity contribution in [2.24, 2.45) is 0 Å². The number of carbonyl (C=O) groups is 3. The number of nitrogens with one attached hydrogen (secondary N) is 2. The lowest BCUT2D eigenvalue weighted by Gasteiger charge is -2.20. The molecule has 0 saturated carbocycles. The number of aliphatic hydroxyl groups excluding tert-OH is 1. The zero-order valence-electron chi connectivity index (χ0n) is 16.4. The first-order valence-electron chi connectivity index (χ1n) is 9.17. The number of carboxylic acids is 1. The van der Waals surface area contributed by atoms with Gasteiger partial charge in [-0.25, -0.2) is 9.59 Å². The van der Waals surface area contributed by atoms with E-state index < -0.39 is 36.7 Å². The molecule has 0 spiro atoms. The highest BCUT2D eigenvalue weighted by Crippen LogP contribution is 2.19. The van der Waals surface area contributed by atoms with Crippen LogP contribution in [0.2, 0.25) is 0 Å². The lowest BCUT2D eigenvalue weighted by atomic mass is 10.0. The van der Waals surface area contributed by atoms with Crippen molar-refractivity contribution >= 4 is 18.0 Å². The fraction of sp³-hybridized carbons (Fsp3) is 0.286. The van der Waals surface area contributed by atoms with E-state index in [1.165, 1.54) is 7.11 Å². The summed E-state index contributed by atoms with van der Waals surface area (Å²) in [6, 6.07) is 13.1. The summed E-state index contributed by atoms with van der Waals surface area (Å²) >= 11 is 0. The molecule has 0 aliphatic heterocycles. The molecule has 30 heavy (non-hydrogen) atoms. The molecule has 0 saturated heterocycles. The summed E-state index contributed by atoms with van der Waals surface area (Å²) in [5, 5.41) is 23.5. The normalized spacial score (nSPS) is 12.3. The Labute approximate surface area is 173 Å². The summed E-state index contributed by atoms with van der Waals surface area (Å²) in [6.45, 7) is -0.745. The number of aliphatic carboxylic acids is 1. The van der Waals surface area contributed by atoms with Gasteiger partial charge in [0.1, 0.15) is 24.4 Å². The van der Waals surface area contributed by atoms with Crippen molar-refractivity contribution in [3.05, 3.63) is 65.7 Å². The third kappa shape index (κ3) is 6.78. The number of para-hydroxylation sites is 1. The Hall–Kier alpha value is -3.59. The minimum atomic E-state index is -1.37. The number of carbonyl (C=O) groups excluding carboxylic acids is 2. The quantitative estimate of drug-likeness (QED) is 0.455. The second-order valence-corrected chi connectivity index (χ2v) is 6.36. The maximum atomic E-state index is 12.4. The van der Waals surface area contributed by atoms with E-state index in [-0.39, 0.29) is 13.0 Å². The number of benzene rings is 2. The van der Waals surface area contributed by atoms with Gasteiger partial charge in [-0.15, -0.1) is 0 Å². The Bertz CT molecular complexity index is 857. The largest absolute Gasteiger partial charge is 0.496 e. The van der Waals surface area contributed by atoms with Crippen LogP contribution in [0.3, 0.4) is 0 Å². The second-order valence-electron chi connectivity index (χ2n) is 6.36. The lowest BCUT2D eigenvalue weighted by Crippen LogP contribution is -2.53. The molecule has 2 aromatic carbocycles. The number of hydrogen-bond donors (Lipinski definition) is 4. The molecule has 0 unspecified atom stereocenters. The van der Waals surface area contributed by atoms with Gasteiger partial charge >= 0.3 is 12.1 Å². The SMILES string of the molecule is COc1ccccc1C[C@H](NC(=O)[C@H](CO)NC(=O)OCc1ccccc1)C(=O)O. The van der Waals surface area contributed by atoms with Gasteiger partial charge in [-0.1, -0.05) is 48.5 Å². The molecule has 0 fully saturated rings. The van der Waals surface area contributed by atoms with Crippen LogP contribution in [-0.4, -0.2) is 54.0 Å². The van der Waals surface area contributed by atoms with Gasteiger partial charge in [0, 0.05) is 6.42 Å². The van der Waals surface area contributed by atoms with Gasteiger partial charge in [-0.3, -0.25) is 4.79 Å². The molecular weight excluding hydrogens is 392 g/mol. The zero-order valence-corrected chi connectivity index (χ0v) is 16.4. The van der Waals surface area contributed by atoms with E-state index in [0.29, 0.717) is 11.3 Å². The van der Waals surface area contributed by atoms with Gasteiger partial charge < -0.3 is 30.3 Å². The minimum absolute atomic E-state index is 0.0159. The van der Waals surface area contributed by atoms with Crippen LogP contribution in [0.1, 0.15) is 11.1 Å². The van der Waals surface area contributed by atoms with Crippen molar-refractivity contribution in [3.63, 3.8) is 0 Å². The minimum Gasteiger partial charge on any atom is -0.496 e. The third-order valence-electron chi connectivity index (χ3n) is 4.24. The van der Waals surface area contributed by atoms with Crippen LogP contribution in [0.4, 0.5) is 4.79 Å². The maximum absolute atomic E-state index is 12.4. The van der Waals surface area contributed by atoms with Crippen molar-refractivity contribution in [1.82, 2.24) is 10.6 Å². The van der Waals surface area contributed by atoms with Crippen LogP contribution >= 0.6 is 0 Å². The van der Waals surface area contributed by atoms with Crippen LogP contribution in [0, 0.1) is 0 Å². The topological polar surface area (TPSA) is 134 Å². The molecule has 2 amide bonds. The Morgan fingerprint density at radius 3 is 2.27 bits per heavy atom. The van der Waals surface area contributed by atoms with E-state index in [0.717, 1.165) is 5.56 Å². The van der Waals surface area contributed by atoms with Crippen molar-refractivity contribution in [1.29, 1.82) is 0 Å². The zero-order chi connectivity index (χ0) is 21.9. The first kappa shape index (κ1) is 22.7. The van der Waals surface area contributed by atoms with Crippen molar-refractivity contribution in [3.8, 4) is 5.75 Å². The van der Waals surface area contributed by atoms with Gasteiger partial charge in [0.2, 0.25) is 5.91 Å². The smallest absolute Gasteiger partial charge is 0.408 e. The lowest BCUT2D eigenvalue weighted by molar-refractivity contribution is -0.142. The van der Waals surface area contributed by atoms with E-state index >= 15 is 0 Å². The molecule has 0 aliphatic rings. The Morgan fingerprint density at radius 1 is 0.967 bits per heavy atom. The summed E-state index contributed by atoms with van der Waals surface area (Å²) in [5.74, 6) is -1.63. The Kier molecular flexibility index (Phi) is 8.64. The molecule has 2 atom stereocenters. The number of hydrogen-bond acceptors (Lipinski definition) is 6. The van der Waals surface area contributed by atoms with E-state index in [4.69, 9.17) is 9.47 Å². The molecule has 0 bridgehead atoms. The fourth-order valence-corrected chi connectivity index (χ4v) is 2.67. The molecule has 160 valence electrons. The van der Waals surface area contributed by atoms with Crippen molar-refractivity contribution in [2.75, 3.05) is 13.7 Å². The highest BCUT2D eigenvalue weighted by atomic mass is 16.5. The van der Waals surface area contributed by atoms with E-state index in [9.17, 15) is 24.6 Å². The molecule has 0 heterocycles. The third-order valence-corrected chi connectivity index (χ3v) is 4.24. The van der Waals surface area contributed by atoms with E-state index in [1.54, 1.807) is 48.5 Å². The molecule has 2 rings (SSSR count). The molecule has 2 aromatic rings. The highest BCUT2D eigenvalue weighted by Gasteiger charge is 2.27. The summed E-state index contributed by atoms with van der Waals surface area (Å²) in [5.41, 5.74) is 1.34. The molecule has 0 aliphatic carbocycles. The predicted molar refractivity (Wildman–Crippen MR) is 107 cm³/mol.